The van der Waals surface area contributed by atoms with E-state index in [-0.39, 0.29) is 24.0 Å². The van der Waals surface area contributed by atoms with Gasteiger partial charge in [-0.3, -0.25) is 0 Å². The van der Waals surface area contributed by atoms with Crippen molar-refractivity contribution in [2.75, 3.05) is 19.7 Å². The third kappa shape index (κ3) is 6.07. The van der Waals surface area contributed by atoms with E-state index in [9.17, 15) is 0 Å². The number of rotatable bonds is 7. The van der Waals surface area contributed by atoms with E-state index in [0.29, 0.717) is 18.4 Å². The van der Waals surface area contributed by atoms with Crippen molar-refractivity contribution in [1.82, 2.24) is 9.88 Å². The fourth-order valence-corrected chi connectivity index (χ4v) is 1.90. The first-order chi connectivity index (χ1) is 9.72. The van der Waals surface area contributed by atoms with Gasteiger partial charge in [0.05, 0.1) is 13.2 Å². The summed E-state index contributed by atoms with van der Waals surface area (Å²) in [5.74, 6) is 2.03. The first kappa shape index (κ1) is 18.0. The van der Waals surface area contributed by atoms with Gasteiger partial charge in [0.2, 0.25) is 5.88 Å². The molecule has 0 aromatic carbocycles. The molecule has 1 aromatic rings. The summed E-state index contributed by atoms with van der Waals surface area (Å²) in [4.78, 5) is 10.7. The first-order valence-electron chi connectivity index (χ1n) is 7.35. The number of hydrogen-bond donors (Lipinski definition) is 1. The molecule has 2 rings (SSSR count). The molecule has 1 aliphatic rings. The van der Waals surface area contributed by atoms with Gasteiger partial charge in [-0.1, -0.05) is 6.07 Å². The highest BCUT2D eigenvalue weighted by Gasteiger charge is 2.21. The van der Waals surface area contributed by atoms with Gasteiger partial charge in [0, 0.05) is 25.4 Å². The zero-order valence-corrected chi connectivity index (χ0v) is 15.1. The third-order valence-corrected chi connectivity index (χ3v) is 3.47. The summed E-state index contributed by atoms with van der Waals surface area (Å²) in [6, 6.07) is 3.90. The van der Waals surface area contributed by atoms with Gasteiger partial charge in [-0.05, 0) is 38.2 Å². The molecule has 1 aromatic heterocycles. The van der Waals surface area contributed by atoms with Crippen LogP contribution >= 0.6 is 24.0 Å². The molecule has 0 saturated heterocycles. The lowest BCUT2D eigenvalue weighted by atomic mass is 10.3. The topological polar surface area (TPSA) is 63.7 Å². The van der Waals surface area contributed by atoms with Crippen LogP contribution in [-0.4, -0.2) is 35.5 Å². The molecular formula is C15H25IN4O. The molecule has 1 heterocycles. The number of nitrogens with two attached hydrogens (primary N) is 1. The molecule has 0 atom stereocenters. The van der Waals surface area contributed by atoms with E-state index < -0.39 is 0 Å². The molecule has 0 amide bonds. The maximum absolute atomic E-state index is 5.94. The standard InChI is InChI=1S/C15H24N4O.HI/c1-3-19(4-2)15(16)18-10-13-7-8-14(17-9-13)20-11-12-5-6-12;/h7-9,12H,3-6,10-11H2,1-2H3,(H2,16,18);1H. The van der Waals surface area contributed by atoms with Crippen molar-refractivity contribution in [3.05, 3.63) is 23.9 Å². The molecular weight excluding hydrogens is 379 g/mol. The smallest absolute Gasteiger partial charge is 0.213 e. The number of hydrogen-bond acceptors (Lipinski definition) is 3. The zero-order valence-electron chi connectivity index (χ0n) is 12.8. The number of aliphatic imine (C=N–C) groups is 1. The number of nitrogens with zero attached hydrogens (tertiary/aromatic N) is 3. The maximum Gasteiger partial charge on any atom is 0.213 e. The third-order valence-electron chi connectivity index (χ3n) is 3.47. The van der Waals surface area contributed by atoms with Crippen LogP contribution in [0.15, 0.2) is 23.3 Å². The van der Waals surface area contributed by atoms with E-state index in [1.807, 2.05) is 17.0 Å². The molecule has 0 bridgehead atoms. The van der Waals surface area contributed by atoms with Crippen LogP contribution in [-0.2, 0) is 6.54 Å². The second-order valence-electron chi connectivity index (χ2n) is 5.11. The van der Waals surface area contributed by atoms with E-state index in [0.717, 1.165) is 31.2 Å². The predicted molar refractivity (Wildman–Crippen MR) is 96.1 cm³/mol. The number of halogens is 1. The van der Waals surface area contributed by atoms with Crippen molar-refractivity contribution < 1.29 is 4.74 Å². The minimum Gasteiger partial charge on any atom is -0.477 e. The van der Waals surface area contributed by atoms with E-state index in [4.69, 9.17) is 10.5 Å². The van der Waals surface area contributed by atoms with Crippen LogP contribution in [0.2, 0.25) is 0 Å². The fraction of sp³-hybridized carbons (Fsp3) is 0.600. The van der Waals surface area contributed by atoms with Crippen LogP contribution in [0, 0.1) is 5.92 Å². The maximum atomic E-state index is 5.94. The lowest BCUT2D eigenvalue weighted by Gasteiger charge is -2.19. The summed E-state index contributed by atoms with van der Waals surface area (Å²) in [6.07, 6.45) is 4.39. The van der Waals surface area contributed by atoms with Crippen LogP contribution in [0.3, 0.4) is 0 Å². The van der Waals surface area contributed by atoms with Crippen molar-refractivity contribution in [3.8, 4) is 5.88 Å². The highest BCUT2D eigenvalue weighted by atomic mass is 127. The summed E-state index contributed by atoms with van der Waals surface area (Å²) < 4.78 is 5.60. The van der Waals surface area contributed by atoms with Crippen molar-refractivity contribution in [2.24, 2.45) is 16.6 Å². The van der Waals surface area contributed by atoms with Gasteiger partial charge >= 0.3 is 0 Å². The Morgan fingerprint density at radius 2 is 2.10 bits per heavy atom. The second-order valence-corrected chi connectivity index (χ2v) is 5.11. The van der Waals surface area contributed by atoms with Crippen molar-refractivity contribution >= 4 is 29.9 Å². The van der Waals surface area contributed by atoms with Gasteiger partial charge in [-0.25, -0.2) is 9.98 Å². The van der Waals surface area contributed by atoms with Crippen LogP contribution in [0.5, 0.6) is 5.88 Å². The Balaban J connectivity index is 0.00000220. The average Bonchev–Trinajstić information content (AvgIpc) is 3.29. The molecule has 21 heavy (non-hydrogen) atoms. The Morgan fingerprint density at radius 1 is 1.38 bits per heavy atom. The van der Waals surface area contributed by atoms with Crippen LogP contribution in [0.1, 0.15) is 32.3 Å². The zero-order chi connectivity index (χ0) is 14.4. The van der Waals surface area contributed by atoms with Gasteiger partial charge in [0.1, 0.15) is 0 Å². The molecule has 1 fully saturated rings. The molecule has 0 spiro atoms. The lowest BCUT2D eigenvalue weighted by molar-refractivity contribution is 0.288. The van der Waals surface area contributed by atoms with E-state index in [1.165, 1.54) is 12.8 Å². The molecule has 118 valence electrons. The summed E-state index contributed by atoms with van der Waals surface area (Å²) in [7, 11) is 0. The van der Waals surface area contributed by atoms with Gasteiger partial charge in [0.15, 0.2) is 5.96 Å². The number of ether oxygens (including phenoxy) is 1. The first-order valence-corrected chi connectivity index (χ1v) is 7.35. The Kier molecular flexibility index (Phi) is 7.77. The molecule has 5 nitrogen and oxygen atoms in total. The minimum absolute atomic E-state index is 0. The molecule has 0 unspecified atom stereocenters. The molecule has 6 heteroatoms. The lowest BCUT2D eigenvalue weighted by Crippen LogP contribution is -2.37. The van der Waals surface area contributed by atoms with Gasteiger partial charge in [0.25, 0.3) is 0 Å². The van der Waals surface area contributed by atoms with Crippen molar-refractivity contribution in [3.63, 3.8) is 0 Å². The number of pyridine rings is 1. The van der Waals surface area contributed by atoms with Crippen molar-refractivity contribution in [2.45, 2.75) is 33.2 Å². The minimum atomic E-state index is 0. The van der Waals surface area contributed by atoms with Gasteiger partial charge < -0.3 is 15.4 Å². The average molecular weight is 404 g/mol. The Morgan fingerprint density at radius 3 is 2.62 bits per heavy atom. The fourth-order valence-electron chi connectivity index (χ4n) is 1.90. The van der Waals surface area contributed by atoms with Gasteiger partial charge in [-0.2, -0.15) is 0 Å². The molecule has 1 aliphatic carbocycles. The summed E-state index contributed by atoms with van der Waals surface area (Å²) in [6.45, 7) is 7.23. The summed E-state index contributed by atoms with van der Waals surface area (Å²) in [5, 5.41) is 0. The molecule has 2 N–H and O–H groups in total. The quantitative estimate of drug-likeness (QED) is 0.431. The van der Waals surface area contributed by atoms with E-state index in [2.05, 4.69) is 23.8 Å². The molecule has 1 saturated carbocycles. The van der Waals surface area contributed by atoms with Crippen LogP contribution < -0.4 is 10.5 Å². The van der Waals surface area contributed by atoms with E-state index >= 15 is 0 Å². The highest BCUT2D eigenvalue weighted by molar-refractivity contribution is 14.0. The normalized spacial score (nSPS) is 14.5. The van der Waals surface area contributed by atoms with Crippen molar-refractivity contribution in [1.29, 1.82) is 0 Å². The number of guanidine groups is 1. The second kappa shape index (κ2) is 9.07. The Bertz CT molecular complexity index is 441. The highest BCUT2D eigenvalue weighted by Crippen LogP contribution is 2.29. The largest absolute Gasteiger partial charge is 0.477 e. The Labute approximate surface area is 144 Å². The Hall–Kier alpha value is -1.05. The predicted octanol–water partition coefficient (Wildman–Crippen LogP) is 2.64. The van der Waals surface area contributed by atoms with Crippen LogP contribution in [0.25, 0.3) is 0 Å². The SMILES string of the molecule is CCN(CC)C(N)=NCc1ccc(OCC2CC2)nc1.I. The molecule has 0 aliphatic heterocycles. The summed E-state index contributed by atoms with van der Waals surface area (Å²) >= 11 is 0. The number of aromatic nitrogens is 1. The molecule has 0 radical (unpaired) electrons. The summed E-state index contributed by atoms with van der Waals surface area (Å²) in [5.41, 5.74) is 6.98. The van der Waals surface area contributed by atoms with Crippen LogP contribution in [0.4, 0.5) is 0 Å². The van der Waals surface area contributed by atoms with Gasteiger partial charge in [-0.15, -0.1) is 24.0 Å². The van der Waals surface area contributed by atoms with E-state index in [1.54, 1.807) is 6.20 Å². The monoisotopic (exact) mass is 404 g/mol.